The number of aromatic carboxylic acids is 1. The number of hydrogen-bond donors (Lipinski definition) is 1. The molecule has 0 atom stereocenters. The first-order valence-electron chi connectivity index (χ1n) is 6.27. The Kier molecular flexibility index (Phi) is 3.98. The highest BCUT2D eigenvalue weighted by Gasteiger charge is 2.16. The average Bonchev–Trinajstić information content (AvgIpc) is 2.46. The highest BCUT2D eigenvalue weighted by molar-refractivity contribution is 5.92. The third-order valence-corrected chi connectivity index (χ3v) is 3.03. The molecular formula is C15H16N2O3. The lowest BCUT2D eigenvalue weighted by atomic mass is 9.97. The van der Waals surface area contributed by atoms with Crippen molar-refractivity contribution >= 4 is 5.97 Å². The normalized spacial score (nSPS) is 10.6. The average molecular weight is 272 g/mol. The predicted octanol–water partition coefficient (Wildman–Crippen LogP) is 2.97. The van der Waals surface area contributed by atoms with Crippen molar-refractivity contribution in [3.05, 3.63) is 41.9 Å². The zero-order valence-corrected chi connectivity index (χ0v) is 11.6. The molecule has 1 heterocycles. The van der Waals surface area contributed by atoms with E-state index in [1.807, 2.05) is 12.1 Å². The van der Waals surface area contributed by atoms with Crippen molar-refractivity contribution in [1.29, 1.82) is 0 Å². The van der Waals surface area contributed by atoms with Crippen LogP contribution < -0.4 is 4.74 Å². The quantitative estimate of drug-likeness (QED) is 0.926. The number of aromatic nitrogens is 2. The molecule has 2 rings (SSSR count). The van der Waals surface area contributed by atoms with Gasteiger partial charge in [-0.2, -0.15) is 0 Å². The van der Waals surface area contributed by atoms with Crippen molar-refractivity contribution in [2.75, 3.05) is 7.11 Å². The first-order chi connectivity index (χ1) is 9.54. The Labute approximate surface area is 117 Å². The molecule has 0 bridgehead atoms. The molecule has 5 nitrogen and oxygen atoms in total. The summed E-state index contributed by atoms with van der Waals surface area (Å²) >= 11 is 0. The summed E-state index contributed by atoms with van der Waals surface area (Å²) in [5.74, 6) is -0.0469. The van der Waals surface area contributed by atoms with Crippen molar-refractivity contribution < 1.29 is 14.6 Å². The molecule has 1 aromatic heterocycles. The summed E-state index contributed by atoms with van der Waals surface area (Å²) in [6.45, 7) is 4.10. The fraction of sp³-hybridized carbons (Fsp3) is 0.267. The van der Waals surface area contributed by atoms with Crippen LogP contribution in [0.2, 0.25) is 0 Å². The lowest BCUT2D eigenvalue weighted by Crippen LogP contribution is -2.05. The molecule has 2 aromatic rings. The number of nitrogens with zero attached hydrogens (tertiary/aromatic N) is 2. The molecule has 0 fully saturated rings. The molecule has 0 amide bonds. The summed E-state index contributed by atoms with van der Waals surface area (Å²) in [5.41, 5.74) is 2.05. The van der Waals surface area contributed by atoms with Gasteiger partial charge in [-0.25, -0.2) is 9.78 Å². The highest BCUT2D eigenvalue weighted by Crippen LogP contribution is 2.31. The van der Waals surface area contributed by atoms with Crippen LogP contribution in [0.3, 0.4) is 0 Å². The van der Waals surface area contributed by atoms with E-state index in [1.54, 1.807) is 13.2 Å². The second-order valence-electron chi connectivity index (χ2n) is 4.67. The number of carbonyl (C=O) groups is 1. The first kappa shape index (κ1) is 14.0. The second-order valence-corrected chi connectivity index (χ2v) is 4.67. The molecule has 0 saturated heterocycles. The summed E-state index contributed by atoms with van der Waals surface area (Å²) in [5, 5.41) is 9.18. The molecule has 0 aliphatic heterocycles. The molecule has 0 radical (unpaired) electrons. The van der Waals surface area contributed by atoms with E-state index in [0.717, 1.165) is 16.9 Å². The van der Waals surface area contributed by atoms with Crippen LogP contribution in [0.1, 0.15) is 35.8 Å². The van der Waals surface area contributed by atoms with Gasteiger partial charge in [0.25, 0.3) is 0 Å². The maximum absolute atomic E-state index is 11.2. The first-order valence-corrected chi connectivity index (χ1v) is 6.27. The second kappa shape index (κ2) is 5.69. The number of carboxylic acid groups (broad SMARTS) is 1. The molecule has 5 heteroatoms. The number of rotatable bonds is 4. The number of carboxylic acids is 1. The van der Waals surface area contributed by atoms with Gasteiger partial charge in [-0.05, 0) is 29.7 Å². The van der Waals surface area contributed by atoms with Gasteiger partial charge in [-0.3, -0.25) is 4.98 Å². The molecule has 20 heavy (non-hydrogen) atoms. The Morgan fingerprint density at radius 2 is 1.95 bits per heavy atom. The van der Waals surface area contributed by atoms with Gasteiger partial charge < -0.3 is 9.84 Å². The number of benzene rings is 1. The number of ether oxygens (including phenoxy) is 1. The van der Waals surface area contributed by atoms with Crippen molar-refractivity contribution in [2.24, 2.45) is 0 Å². The van der Waals surface area contributed by atoms with Gasteiger partial charge in [0.2, 0.25) is 0 Å². The summed E-state index contributed by atoms with van der Waals surface area (Å²) < 4.78 is 5.32. The van der Waals surface area contributed by atoms with Crippen LogP contribution in [0.15, 0.2) is 30.6 Å². The summed E-state index contributed by atoms with van der Waals surface area (Å²) in [4.78, 5) is 19.2. The molecule has 0 aliphatic carbocycles. The SMILES string of the molecule is COc1ccc(-c2nccnc2C(=O)O)cc1C(C)C. The third kappa shape index (κ3) is 2.61. The molecule has 1 N–H and O–H groups in total. The summed E-state index contributed by atoms with van der Waals surface area (Å²) in [6, 6.07) is 5.52. The van der Waals surface area contributed by atoms with E-state index < -0.39 is 5.97 Å². The fourth-order valence-corrected chi connectivity index (χ4v) is 2.04. The van der Waals surface area contributed by atoms with Gasteiger partial charge in [0, 0.05) is 18.0 Å². The van der Waals surface area contributed by atoms with Crippen molar-refractivity contribution in [1.82, 2.24) is 9.97 Å². The van der Waals surface area contributed by atoms with E-state index in [4.69, 9.17) is 4.74 Å². The van der Waals surface area contributed by atoms with Crippen LogP contribution in [0.4, 0.5) is 0 Å². The summed E-state index contributed by atoms with van der Waals surface area (Å²) in [7, 11) is 1.62. The lowest BCUT2D eigenvalue weighted by molar-refractivity contribution is 0.0691. The van der Waals surface area contributed by atoms with E-state index in [-0.39, 0.29) is 11.6 Å². The van der Waals surface area contributed by atoms with Gasteiger partial charge in [0.1, 0.15) is 11.4 Å². The molecule has 104 valence electrons. The van der Waals surface area contributed by atoms with Gasteiger partial charge in [-0.1, -0.05) is 13.8 Å². The largest absolute Gasteiger partial charge is 0.496 e. The van der Waals surface area contributed by atoms with E-state index in [1.165, 1.54) is 12.4 Å². The molecule has 0 aliphatic rings. The molecule has 0 spiro atoms. The van der Waals surface area contributed by atoms with Crippen LogP contribution >= 0.6 is 0 Å². The Hall–Kier alpha value is -2.43. The maximum Gasteiger partial charge on any atom is 0.356 e. The summed E-state index contributed by atoms with van der Waals surface area (Å²) in [6.07, 6.45) is 2.86. The van der Waals surface area contributed by atoms with Gasteiger partial charge in [-0.15, -0.1) is 0 Å². The van der Waals surface area contributed by atoms with Gasteiger partial charge >= 0.3 is 5.97 Å². The van der Waals surface area contributed by atoms with Gasteiger partial charge in [0.05, 0.1) is 7.11 Å². The predicted molar refractivity (Wildman–Crippen MR) is 75.1 cm³/mol. The molecule has 1 aromatic carbocycles. The van der Waals surface area contributed by atoms with E-state index in [2.05, 4.69) is 23.8 Å². The van der Waals surface area contributed by atoms with E-state index in [9.17, 15) is 9.90 Å². The van der Waals surface area contributed by atoms with Crippen LogP contribution in [-0.2, 0) is 0 Å². The Morgan fingerprint density at radius 1 is 1.25 bits per heavy atom. The zero-order valence-electron chi connectivity index (χ0n) is 11.6. The van der Waals surface area contributed by atoms with E-state index >= 15 is 0 Å². The highest BCUT2D eigenvalue weighted by atomic mass is 16.5. The van der Waals surface area contributed by atoms with Crippen LogP contribution in [0.5, 0.6) is 5.75 Å². The Morgan fingerprint density at radius 3 is 2.55 bits per heavy atom. The van der Waals surface area contributed by atoms with Crippen LogP contribution in [-0.4, -0.2) is 28.2 Å². The maximum atomic E-state index is 11.2. The van der Waals surface area contributed by atoms with Gasteiger partial charge in [0.15, 0.2) is 5.69 Å². The lowest BCUT2D eigenvalue weighted by Gasteiger charge is -2.13. The smallest absolute Gasteiger partial charge is 0.356 e. The zero-order chi connectivity index (χ0) is 14.7. The molecule has 0 saturated carbocycles. The third-order valence-electron chi connectivity index (χ3n) is 3.03. The fourth-order valence-electron chi connectivity index (χ4n) is 2.04. The minimum absolute atomic E-state index is 0.0487. The molecular weight excluding hydrogens is 256 g/mol. The molecule has 0 unspecified atom stereocenters. The topological polar surface area (TPSA) is 72.3 Å². The Balaban J connectivity index is 2.59. The van der Waals surface area contributed by atoms with Crippen LogP contribution in [0, 0.1) is 0 Å². The minimum atomic E-state index is -1.09. The monoisotopic (exact) mass is 272 g/mol. The van der Waals surface area contributed by atoms with Crippen molar-refractivity contribution in [2.45, 2.75) is 19.8 Å². The standard InChI is InChI=1S/C15H16N2O3/c1-9(2)11-8-10(4-5-12(11)20-3)13-14(15(18)19)17-7-6-16-13/h4-9H,1-3H3,(H,18,19). The van der Waals surface area contributed by atoms with Crippen LogP contribution in [0.25, 0.3) is 11.3 Å². The van der Waals surface area contributed by atoms with Crippen molar-refractivity contribution in [3.63, 3.8) is 0 Å². The number of methoxy groups -OCH3 is 1. The minimum Gasteiger partial charge on any atom is -0.496 e. The van der Waals surface area contributed by atoms with E-state index in [0.29, 0.717) is 5.69 Å². The van der Waals surface area contributed by atoms with Crippen molar-refractivity contribution in [3.8, 4) is 17.0 Å². The number of hydrogen-bond acceptors (Lipinski definition) is 4. The Bertz CT molecular complexity index is 639.